The molecule has 166 valence electrons. The van der Waals surface area contributed by atoms with Crippen molar-refractivity contribution in [2.24, 2.45) is 0 Å². The van der Waals surface area contributed by atoms with Gasteiger partial charge in [0.2, 0.25) is 0 Å². The highest BCUT2D eigenvalue weighted by molar-refractivity contribution is 7.79. The summed E-state index contributed by atoms with van der Waals surface area (Å²) in [6, 6.07) is 6.56. The number of aromatic hydroxyl groups is 2. The number of phenols is 2. The zero-order valence-electron chi connectivity index (χ0n) is 18.9. The molecule has 0 radical (unpaired) electrons. The van der Waals surface area contributed by atoms with Crippen LogP contribution in [0.25, 0.3) is 0 Å². The average molecular weight is 471 g/mol. The maximum Gasteiger partial charge on any atom is 0.150 e. The zero-order chi connectivity index (χ0) is 23.1. The second-order valence-corrected chi connectivity index (χ2v) is 13.7. The first kappa shape index (κ1) is 25.1. The van der Waals surface area contributed by atoms with E-state index in [1.165, 1.54) is 0 Å². The minimum atomic E-state index is -3.43. The molecule has 2 aromatic rings. The van der Waals surface area contributed by atoms with Gasteiger partial charge < -0.3 is 14.8 Å². The van der Waals surface area contributed by atoms with Gasteiger partial charge in [-0.2, -0.15) is 0 Å². The molecule has 0 atom stereocenters. The minimum absolute atomic E-state index is 0.0250. The normalized spacial score (nSPS) is 13.0. The van der Waals surface area contributed by atoms with E-state index in [1.54, 1.807) is 24.3 Å². The lowest BCUT2D eigenvalue weighted by Crippen LogP contribution is -2.24. The van der Waals surface area contributed by atoms with Crippen LogP contribution < -0.4 is 10.6 Å². The molecule has 2 aromatic carbocycles. The van der Waals surface area contributed by atoms with Crippen molar-refractivity contribution in [1.29, 1.82) is 0 Å². The quantitative estimate of drug-likeness (QED) is 0.457. The number of hydrogen-bond donors (Lipinski definition) is 2. The Morgan fingerprint density at radius 1 is 0.800 bits per heavy atom. The van der Waals surface area contributed by atoms with E-state index in [-0.39, 0.29) is 22.1 Å². The lowest BCUT2D eigenvalue weighted by Gasteiger charge is -2.29. The van der Waals surface area contributed by atoms with Crippen LogP contribution >= 0.6 is 30.3 Å². The van der Waals surface area contributed by atoms with Gasteiger partial charge in [-0.3, -0.25) is 0 Å². The molecule has 0 fully saturated rings. The fourth-order valence-corrected chi connectivity index (χ4v) is 7.33. The smallest absolute Gasteiger partial charge is 0.150 e. The summed E-state index contributed by atoms with van der Waals surface area (Å²) in [5.74, 6) is -0.0500. The third kappa shape index (κ3) is 5.01. The molecular formula is C24H33Cl2O3P. The van der Waals surface area contributed by atoms with Gasteiger partial charge in [0.15, 0.2) is 7.14 Å². The molecule has 0 aliphatic rings. The maximum absolute atomic E-state index is 14.6. The number of unbranched alkanes of at least 4 members (excludes halogenated alkanes) is 1. The summed E-state index contributed by atoms with van der Waals surface area (Å²) in [5, 5.41) is 23.8. The van der Waals surface area contributed by atoms with Crippen LogP contribution in [-0.4, -0.2) is 16.4 Å². The van der Waals surface area contributed by atoms with Crippen molar-refractivity contribution in [2.75, 3.05) is 6.16 Å². The van der Waals surface area contributed by atoms with E-state index in [1.807, 2.05) is 48.5 Å². The molecule has 0 aromatic heterocycles. The fraction of sp³-hybridized carbons (Fsp3) is 0.500. The molecule has 0 bridgehead atoms. The molecule has 0 aliphatic carbocycles. The molecule has 0 aliphatic heterocycles. The summed E-state index contributed by atoms with van der Waals surface area (Å²) in [4.78, 5) is 0. The molecule has 0 saturated carbocycles. The summed E-state index contributed by atoms with van der Waals surface area (Å²) in [5.41, 5.74) is 0.456. The molecule has 0 spiro atoms. The van der Waals surface area contributed by atoms with E-state index in [9.17, 15) is 14.8 Å². The van der Waals surface area contributed by atoms with Crippen molar-refractivity contribution < 1.29 is 14.8 Å². The first-order chi connectivity index (χ1) is 13.6. The Morgan fingerprint density at radius 2 is 1.17 bits per heavy atom. The van der Waals surface area contributed by atoms with Crippen LogP contribution in [0.15, 0.2) is 24.3 Å². The molecule has 2 N–H and O–H groups in total. The highest BCUT2D eigenvalue weighted by Gasteiger charge is 2.37. The van der Waals surface area contributed by atoms with Crippen LogP contribution in [0, 0.1) is 0 Å². The number of rotatable bonds is 5. The van der Waals surface area contributed by atoms with Gasteiger partial charge in [0, 0.05) is 27.3 Å². The lowest BCUT2D eigenvalue weighted by atomic mass is 9.86. The van der Waals surface area contributed by atoms with Crippen molar-refractivity contribution >= 4 is 41.0 Å². The van der Waals surface area contributed by atoms with Gasteiger partial charge in [0.25, 0.3) is 0 Å². The largest absolute Gasteiger partial charge is 0.507 e. The molecule has 0 unspecified atom stereocenters. The van der Waals surface area contributed by atoms with Crippen LogP contribution in [0.1, 0.15) is 72.4 Å². The van der Waals surface area contributed by atoms with Crippen LogP contribution in [0.3, 0.4) is 0 Å². The predicted molar refractivity (Wildman–Crippen MR) is 130 cm³/mol. The third-order valence-corrected chi connectivity index (χ3v) is 8.95. The van der Waals surface area contributed by atoms with Gasteiger partial charge in [-0.05, 0) is 41.5 Å². The van der Waals surface area contributed by atoms with Crippen molar-refractivity contribution in [1.82, 2.24) is 0 Å². The van der Waals surface area contributed by atoms with Crippen LogP contribution in [0.4, 0.5) is 0 Å². The number of hydrogen-bond acceptors (Lipinski definition) is 3. The van der Waals surface area contributed by atoms with Gasteiger partial charge in [0.05, 0.1) is 10.6 Å². The van der Waals surface area contributed by atoms with Gasteiger partial charge in [-0.15, -0.1) is 0 Å². The molecule has 0 amide bonds. The molecule has 30 heavy (non-hydrogen) atoms. The second-order valence-electron chi connectivity index (χ2n) is 9.96. The molecule has 0 heterocycles. The Balaban J connectivity index is 2.93. The maximum atomic E-state index is 14.6. The summed E-state index contributed by atoms with van der Waals surface area (Å²) in [6.07, 6.45) is 1.80. The highest BCUT2D eigenvalue weighted by Crippen LogP contribution is 2.52. The Bertz CT molecular complexity index is 912. The predicted octanol–water partition coefficient (Wildman–Crippen LogP) is 7.11. The molecule has 3 nitrogen and oxygen atoms in total. The number of phenolic OH excluding ortho intramolecular Hbond substituents is 2. The molecular weight excluding hydrogens is 438 g/mol. The van der Waals surface area contributed by atoms with Crippen molar-refractivity contribution in [3.63, 3.8) is 0 Å². The minimum Gasteiger partial charge on any atom is -0.507 e. The first-order valence-electron chi connectivity index (χ1n) is 10.3. The van der Waals surface area contributed by atoms with Crippen LogP contribution in [0.5, 0.6) is 11.5 Å². The standard InChI is InChI=1S/C24H33Cl2O3P/c1-8-9-10-30(29,19-13-15(25)11-17(21(19)27)23(2,3)4)20-14-16(26)12-18(22(20)28)24(5,6)7/h11-14,27-28H,8-10H2,1-7H3. The first-order valence-corrected chi connectivity index (χ1v) is 12.9. The van der Waals surface area contributed by atoms with Gasteiger partial charge >= 0.3 is 0 Å². The molecule has 6 heteroatoms. The zero-order valence-corrected chi connectivity index (χ0v) is 21.3. The fourth-order valence-electron chi connectivity index (χ4n) is 3.62. The van der Waals surface area contributed by atoms with Gasteiger partial charge in [-0.1, -0.05) is 78.1 Å². The molecule has 0 saturated heterocycles. The van der Waals surface area contributed by atoms with E-state index in [2.05, 4.69) is 0 Å². The Labute approximate surface area is 190 Å². The monoisotopic (exact) mass is 470 g/mol. The van der Waals surface area contributed by atoms with E-state index < -0.39 is 18.0 Å². The average Bonchev–Trinajstić information content (AvgIpc) is 2.61. The third-order valence-electron chi connectivity index (χ3n) is 5.33. The van der Waals surface area contributed by atoms with E-state index in [0.29, 0.717) is 33.8 Å². The SMILES string of the molecule is CCCCP(=O)(c1cc(Cl)cc(C(C)(C)C)c1O)c1cc(Cl)cc(C(C)(C)C)c1O. The summed E-state index contributed by atoms with van der Waals surface area (Å²) in [7, 11) is -3.43. The Hall–Kier alpha value is -1.15. The molecule has 2 rings (SSSR count). The number of halogens is 2. The summed E-state index contributed by atoms with van der Waals surface area (Å²) < 4.78 is 14.6. The topological polar surface area (TPSA) is 57.5 Å². The van der Waals surface area contributed by atoms with Crippen molar-refractivity contribution in [2.45, 2.75) is 72.1 Å². The van der Waals surface area contributed by atoms with Crippen LogP contribution in [0.2, 0.25) is 10.0 Å². The van der Waals surface area contributed by atoms with Gasteiger partial charge in [-0.25, -0.2) is 0 Å². The Kier molecular flexibility index (Phi) is 7.34. The van der Waals surface area contributed by atoms with Crippen LogP contribution in [-0.2, 0) is 15.4 Å². The summed E-state index contributed by atoms with van der Waals surface area (Å²) in [6.45, 7) is 13.8. The second kappa shape index (κ2) is 8.77. The van der Waals surface area contributed by atoms with E-state index in [4.69, 9.17) is 23.2 Å². The van der Waals surface area contributed by atoms with Crippen molar-refractivity contribution in [3.8, 4) is 11.5 Å². The van der Waals surface area contributed by atoms with Crippen molar-refractivity contribution in [3.05, 3.63) is 45.4 Å². The summed E-state index contributed by atoms with van der Waals surface area (Å²) >= 11 is 12.8. The van der Waals surface area contributed by atoms with E-state index >= 15 is 0 Å². The highest BCUT2D eigenvalue weighted by atomic mass is 35.5. The number of benzene rings is 2. The lowest BCUT2D eigenvalue weighted by molar-refractivity contribution is 0.449. The Morgan fingerprint density at radius 3 is 1.47 bits per heavy atom. The van der Waals surface area contributed by atoms with Gasteiger partial charge in [0.1, 0.15) is 11.5 Å². The van der Waals surface area contributed by atoms with E-state index in [0.717, 1.165) is 6.42 Å².